The van der Waals surface area contributed by atoms with Crippen LogP contribution in [0, 0.1) is 0 Å². The second-order valence-electron chi connectivity index (χ2n) is 7.28. The molecule has 2 aromatic rings. The van der Waals surface area contributed by atoms with Crippen LogP contribution < -0.4 is 14.2 Å². The van der Waals surface area contributed by atoms with E-state index in [0.717, 1.165) is 0 Å². The molecule has 0 saturated carbocycles. The predicted octanol–water partition coefficient (Wildman–Crippen LogP) is 3.93. The van der Waals surface area contributed by atoms with E-state index in [1.54, 1.807) is 17.0 Å². The Hall–Kier alpha value is -2.51. The highest BCUT2D eigenvalue weighted by Gasteiger charge is 2.47. The summed E-state index contributed by atoms with van der Waals surface area (Å²) in [5.74, 6) is 0.0886. The summed E-state index contributed by atoms with van der Waals surface area (Å²) in [7, 11) is 1.53. The second kappa shape index (κ2) is 7.96. The Kier molecular flexibility index (Phi) is 5.51. The van der Waals surface area contributed by atoms with Crippen LogP contribution in [-0.2, 0) is 11.2 Å². The number of Topliss-reactive ketones (excluding diaryl/α,β-unsaturated/α-hetero) is 1. The van der Waals surface area contributed by atoms with Crippen LogP contribution in [0.25, 0.3) is 0 Å². The molecule has 3 heterocycles. The number of methoxy groups -OCH3 is 1. The van der Waals surface area contributed by atoms with E-state index in [4.69, 9.17) is 37.4 Å². The molecule has 158 valence electrons. The van der Waals surface area contributed by atoms with Crippen LogP contribution >= 0.6 is 23.2 Å². The Morgan fingerprint density at radius 3 is 2.37 bits per heavy atom. The first-order valence-corrected chi connectivity index (χ1v) is 10.2. The molecule has 0 N–H and O–H groups in total. The molecule has 9 heteroatoms. The number of ketones is 1. The minimum absolute atomic E-state index is 0.00652. The highest BCUT2D eigenvalue weighted by atomic mass is 35.5. The number of halogens is 2. The lowest BCUT2D eigenvalue weighted by Gasteiger charge is -2.37. The lowest BCUT2D eigenvalue weighted by molar-refractivity contribution is -0.144. The average Bonchev–Trinajstić information content (AvgIpc) is 3.08. The zero-order valence-corrected chi connectivity index (χ0v) is 18.0. The number of nitrogens with zero attached hydrogens (tertiary/aromatic N) is 2. The zero-order chi connectivity index (χ0) is 21.5. The Balaban J connectivity index is 1.63. The molecular weight excluding hydrogens is 431 g/mol. The van der Waals surface area contributed by atoms with E-state index in [-0.39, 0.29) is 18.1 Å². The maximum absolute atomic E-state index is 13.1. The van der Waals surface area contributed by atoms with Crippen molar-refractivity contribution in [3.8, 4) is 17.2 Å². The van der Waals surface area contributed by atoms with Crippen LogP contribution in [-0.4, -0.2) is 47.6 Å². The summed E-state index contributed by atoms with van der Waals surface area (Å²) < 4.78 is 17.8. The quantitative estimate of drug-likeness (QED) is 0.656. The summed E-state index contributed by atoms with van der Waals surface area (Å²) in [6.07, 6.45) is 3.87. The Morgan fingerprint density at radius 2 is 1.77 bits per heavy atom. The van der Waals surface area contributed by atoms with E-state index in [9.17, 15) is 9.59 Å². The van der Waals surface area contributed by atoms with Gasteiger partial charge in [-0.05, 0) is 12.1 Å². The van der Waals surface area contributed by atoms with Crippen LogP contribution in [0.1, 0.15) is 35.7 Å². The fourth-order valence-corrected chi connectivity index (χ4v) is 4.24. The van der Waals surface area contributed by atoms with E-state index in [1.807, 2.05) is 0 Å². The van der Waals surface area contributed by atoms with Gasteiger partial charge in [0.15, 0.2) is 17.3 Å². The number of likely N-dealkylation sites (tertiary alicyclic amines) is 1. The Labute approximate surface area is 183 Å². The van der Waals surface area contributed by atoms with Crippen molar-refractivity contribution in [3.63, 3.8) is 0 Å². The molecule has 0 unspecified atom stereocenters. The van der Waals surface area contributed by atoms with E-state index in [2.05, 4.69) is 4.98 Å². The minimum Gasteiger partial charge on any atom is -0.493 e. The standard InChI is InChI=1S/C21H20Cl2N2O5/c1-12(26)25-7-5-21(6-8-25)29-19-13(3-4-18(28-2)20(19)30-21)17(27)9-14-15(22)10-24-11-16(14)23/h3-4,10-11H,5-9H2,1-2H3. The number of ether oxygens (including phenoxy) is 3. The first-order valence-electron chi connectivity index (χ1n) is 9.49. The van der Waals surface area contributed by atoms with Gasteiger partial charge in [-0.25, -0.2) is 0 Å². The summed E-state index contributed by atoms with van der Waals surface area (Å²) in [6, 6.07) is 3.32. The van der Waals surface area contributed by atoms with Crippen LogP contribution in [0.3, 0.4) is 0 Å². The van der Waals surface area contributed by atoms with E-state index in [0.29, 0.717) is 64.4 Å². The third-order valence-corrected chi connectivity index (χ3v) is 6.08. The van der Waals surface area contributed by atoms with E-state index < -0.39 is 5.79 Å². The van der Waals surface area contributed by atoms with Crippen molar-refractivity contribution in [1.29, 1.82) is 0 Å². The molecule has 2 aliphatic heterocycles. The monoisotopic (exact) mass is 450 g/mol. The maximum Gasteiger partial charge on any atom is 0.255 e. The zero-order valence-electron chi connectivity index (χ0n) is 16.5. The van der Waals surface area contributed by atoms with E-state index in [1.165, 1.54) is 26.4 Å². The van der Waals surface area contributed by atoms with Crippen molar-refractivity contribution in [3.05, 3.63) is 45.7 Å². The predicted molar refractivity (Wildman–Crippen MR) is 111 cm³/mol. The molecule has 2 aliphatic rings. The molecule has 1 spiro atoms. The molecule has 0 radical (unpaired) electrons. The number of carbonyl (C=O) groups is 2. The van der Waals surface area contributed by atoms with Gasteiger partial charge in [-0.2, -0.15) is 0 Å². The van der Waals surface area contributed by atoms with Crippen LogP contribution in [0.4, 0.5) is 0 Å². The molecule has 0 bridgehead atoms. The number of fused-ring (bicyclic) bond motifs is 1. The normalized spacial score (nSPS) is 16.6. The average molecular weight is 451 g/mol. The molecule has 0 atom stereocenters. The van der Waals surface area contributed by atoms with E-state index >= 15 is 0 Å². The van der Waals surface area contributed by atoms with Crippen LogP contribution in [0.2, 0.25) is 10.0 Å². The van der Waals surface area contributed by atoms with Crippen molar-refractivity contribution in [2.24, 2.45) is 0 Å². The van der Waals surface area contributed by atoms with Gasteiger partial charge < -0.3 is 19.1 Å². The maximum atomic E-state index is 13.1. The second-order valence-corrected chi connectivity index (χ2v) is 8.09. The summed E-state index contributed by atoms with van der Waals surface area (Å²) in [5.41, 5.74) is 0.868. The SMILES string of the molecule is COc1ccc(C(=O)Cc2c(Cl)cncc2Cl)c2c1OC1(CCN(C(C)=O)CC1)O2. The third-order valence-electron chi connectivity index (χ3n) is 5.43. The number of rotatable bonds is 4. The number of aromatic nitrogens is 1. The van der Waals surface area contributed by atoms with Gasteiger partial charge in [-0.15, -0.1) is 0 Å². The molecular formula is C21H20Cl2N2O5. The number of benzene rings is 1. The molecule has 1 saturated heterocycles. The highest BCUT2D eigenvalue weighted by Crippen LogP contribution is 2.51. The summed E-state index contributed by atoms with van der Waals surface area (Å²) in [6.45, 7) is 2.56. The number of amides is 1. The highest BCUT2D eigenvalue weighted by molar-refractivity contribution is 6.36. The fourth-order valence-electron chi connectivity index (χ4n) is 3.74. The lowest BCUT2D eigenvalue weighted by atomic mass is 10.0. The van der Waals surface area contributed by atoms with Gasteiger partial charge in [0.1, 0.15) is 0 Å². The number of hydrogen-bond donors (Lipinski definition) is 0. The molecule has 0 aliphatic carbocycles. The molecule has 30 heavy (non-hydrogen) atoms. The van der Waals surface area contributed by atoms with Crippen LogP contribution in [0.15, 0.2) is 24.5 Å². The minimum atomic E-state index is -0.927. The number of piperidine rings is 1. The van der Waals surface area contributed by atoms with Crippen molar-refractivity contribution in [2.75, 3.05) is 20.2 Å². The van der Waals surface area contributed by atoms with Crippen molar-refractivity contribution < 1.29 is 23.8 Å². The lowest BCUT2D eigenvalue weighted by Crippen LogP contribution is -2.50. The molecule has 1 aromatic carbocycles. The molecule has 7 nitrogen and oxygen atoms in total. The van der Waals surface area contributed by atoms with Crippen molar-refractivity contribution >= 4 is 34.9 Å². The van der Waals surface area contributed by atoms with Gasteiger partial charge in [-0.1, -0.05) is 23.2 Å². The van der Waals surface area contributed by atoms with Gasteiger partial charge in [0, 0.05) is 57.2 Å². The fraction of sp³-hybridized carbons (Fsp3) is 0.381. The third kappa shape index (κ3) is 3.68. The number of carbonyl (C=O) groups excluding carboxylic acids is 2. The van der Waals surface area contributed by atoms with Gasteiger partial charge in [0.25, 0.3) is 5.79 Å². The van der Waals surface area contributed by atoms with Crippen LogP contribution in [0.5, 0.6) is 17.2 Å². The summed E-state index contributed by atoms with van der Waals surface area (Å²) in [4.78, 5) is 30.4. The van der Waals surface area contributed by atoms with Gasteiger partial charge >= 0.3 is 0 Å². The first kappa shape index (κ1) is 20.8. The van der Waals surface area contributed by atoms with Gasteiger partial charge in [0.2, 0.25) is 11.7 Å². The molecule has 1 fully saturated rings. The topological polar surface area (TPSA) is 78.0 Å². The van der Waals surface area contributed by atoms with Gasteiger partial charge in [0.05, 0.1) is 22.7 Å². The first-order chi connectivity index (χ1) is 14.3. The number of hydrogen-bond acceptors (Lipinski definition) is 6. The number of pyridine rings is 1. The van der Waals surface area contributed by atoms with Crippen molar-refractivity contribution in [1.82, 2.24) is 9.88 Å². The smallest absolute Gasteiger partial charge is 0.255 e. The largest absolute Gasteiger partial charge is 0.493 e. The molecule has 4 rings (SSSR count). The summed E-state index contributed by atoms with van der Waals surface area (Å²) in [5, 5.41) is 0.650. The van der Waals surface area contributed by atoms with Crippen molar-refractivity contribution in [2.45, 2.75) is 32.0 Å². The Morgan fingerprint density at radius 1 is 1.13 bits per heavy atom. The summed E-state index contributed by atoms with van der Waals surface area (Å²) >= 11 is 12.3. The molecule has 1 aromatic heterocycles. The molecule has 1 amide bonds. The van der Waals surface area contributed by atoms with Gasteiger partial charge in [-0.3, -0.25) is 14.6 Å². The Bertz CT molecular complexity index is 998.